The van der Waals surface area contributed by atoms with Gasteiger partial charge in [-0.25, -0.2) is 0 Å². The molecule has 1 unspecified atom stereocenters. The second-order valence-corrected chi connectivity index (χ2v) is 7.94. The van der Waals surface area contributed by atoms with Crippen molar-refractivity contribution in [2.45, 2.75) is 39.7 Å². The van der Waals surface area contributed by atoms with Gasteiger partial charge in [-0.15, -0.1) is 0 Å². The van der Waals surface area contributed by atoms with Crippen LogP contribution in [0.15, 0.2) is 53.1 Å². The molecule has 0 spiro atoms. The number of carbonyl (C=O) groups is 1. The van der Waals surface area contributed by atoms with Crippen molar-refractivity contribution in [1.82, 2.24) is 15.0 Å². The second kappa shape index (κ2) is 9.22. The lowest BCUT2D eigenvalue weighted by Crippen LogP contribution is -2.40. The Bertz CT molecular complexity index is 996. The van der Waals surface area contributed by atoms with Gasteiger partial charge in [-0.05, 0) is 56.0 Å². The lowest BCUT2D eigenvalue weighted by molar-refractivity contribution is -0.121. The van der Waals surface area contributed by atoms with Gasteiger partial charge in [0.1, 0.15) is 0 Å². The van der Waals surface area contributed by atoms with Crippen molar-refractivity contribution in [3.05, 3.63) is 65.5 Å². The summed E-state index contributed by atoms with van der Waals surface area (Å²) in [6.07, 6.45) is 2.87. The highest BCUT2D eigenvalue weighted by molar-refractivity contribution is 5.92. The maximum Gasteiger partial charge on any atom is 0.241 e. The smallest absolute Gasteiger partial charge is 0.241 e. The minimum absolute atomic E-state index is 0.0386. The number of benzene rings is 2. The highest BCUT2D eigenvalue weighted by atomic mass is 16.5. The molecule has 1 aliphatic heterocycles. The minimum Gasteiger partial charge on any atom is -0.338 e. The average Bonchev–Trinajstić information content (AvgIpc) is 3.23. The molecule has 0 radical (unpaired) electrons. The maximum absolute atomic E-state index is 12.8. The Kier molecular flexibility index (Phi) is 6.23. The van der Waals surface area contributed by atoms with E-state index in [4.69, 9.17) is 4.52 Å². The predicted molar refractivity (Wildman–Crippen MR) is 117 cm³/mol. The highest BCUT2D eigenvalue weighted by Crippen LogP contribution is 2.23. The van der Waals surface area contributed by atoms with E-state index in [0.717, 1.165) is 42.6 Å². The van der Waals surface area contributed by atoms with Gasteiger partial charge in [0.25, 0.3) is 0 Å². The molecular formula is C24H28N4O2. The van der Waals surface area contributed by atoms with Crippen molar-refractivity contribution in [3.63, 3.8) is 0 Å². The van der Waals surface area contributed by atoms with Gasteiger partial charge in [0.2, 0.25) is 17.6 Å². The lowest BCUT2D eigenvalue weighted by Gasteiger charge is -2.30. The zero-order chi connectivity index (χ0) is 20.9. The first-order valence-electron chi connectivity index (χ1n) is 10.6. The van der Waals surface area contributed by atoms with Crippen LogP contribution < -0.4 is 5.32 Å². The number of nitrogens with one attached hydrogen (secondary N) is 1. The second-order valence-electron chi connectivity index (χ2n) is 7.94. The molecule has 6 heteroatoms. The van der Waals surface area contributed by atoms with Crippen LogP contribution in [0, 0.1) is 12.8 Å². The van der Waals surface area contributed by atoms with Crippen LogP contribution in [0.5, 0.6) is 0 Å². The molecule has 0 aliphatic carbocycles. The summed E-state index contributed by atoms with van der Waals surface area (Å²) in [4.78, 5) is 19.6. The first-order chi connectivity index (χ1) is 14.6. The molecular weight excluding hydrogens is 376 g/mol. The monoisotopic (exact) mass is 404 g/mol. The summed E-state index contributed by atoms with van der Waals surface area (Å²) < 4.78 is 5.49. The molecule has 2 aromatic carbocycles. The Morgan fingerprint density at radius 2 is 2.00 bits per heavy atom. The molecule has 0 bridgehead atoms. The topological polar surface area (TPSA) is 71.3 Å². The number of amides is 1. The van der Waals surface area contributed by atoms with Crippen LogP contribution in [0.4, 0.5) is 5.69 Å². The molecule has 0 saturated carbocycles. The Labute approximate surface area is 177 Å². The fourth-order valence-electron chi connectivity index (χ4n) is 3.92. The molecule has 2 heterocycles. The Morgan fingerprint density at radius 1 is 1.20 bits per heavy atom. The number of anilines is 1. The van der Waals surface area contributed by atoms with Gasteiger partial charge in [0.15, 0.2) is 0 Å². The van der Waals surface area contributed by atoms with Gasteiger partial charge in [-0.2, -0.15) is 4.98 Å². The number of carbonyl (C=O) groups excluding carboxylic acids is 1. The van der Waals surface area contributed by atoms with Crippen LogP contribution >= 0.6 is 0 Å². The summed E-state index contributed by atoms with van der Waals surface area (Å²) in [7, 11) is 0. The molecule has 156 valence electrons. The summed E-state index contributed by atoms with van der Waals surface area (Å²) in [5, 5.41) is 7.21. The lowest BCUT2D eigenvalue weighted by atomic mass is 9.97. The van der Waals surface area contributed by atoms with Crippen molar-refractivity contribution < 1.29 is 9.32 Å². The van der Waals surface area contributed by atoms with E-state index in [2.05, 4.69) is 39.4 Å². The van der Waals surface area contributed by atoms with Gasteiger partial charge in [0.05, 0.1) is 12.5 Å². The van der Waals surface area contributed by atoms with Gasteiger partial charge >= 0.3 is 0 Å². The molecule has 6 nitrogen and oxygen atoms in total. The van der Waals surface area contributed by atoms with Crippen LogP contribution in [-0.2, 0) is 17.8 Å². The quantitative estimate of drug-likeness (QED) is 0.657. The number of rotatable bonds is 6. The molecule has 30 heavy (non-hydrogen) atoms. The third-order valence-corrected chi connectivity index (χ3v) is 5.72. The van der Waals surface area contributed by atoms with E-state index in [1.807, 2.05) is 43.3 Å². The standard InChI is InChI=1S/C24H28N4O2/c1-3-18-10-12-20(13-11-18)25-24(29)19-8-6-14-28(15-19)16-22-26-23(27-30-22)21-9-5-4-7-17(21)2/h4-5,7,9-13,19H,3,6,8,14-16H2,1-2H3,(H,25,29). The summed E-state index contributed by atoms with van der Waals surface area (Å²) >= 11 is 0. The van der Waals surface area contributed by atoms with E-state index in [-0.39, 0.29) is 11.8 Å². The molecule has 3 aromatic rings. The first kappa shape index (κ1) is 20.3. The molecule has 1 aromatic heterocycles. The van der Waals surface area contributed by atoms with Crippen LogP contribution in [0.2, 0.25) is 0 Å². The summed E-state index contributed by atoms with van der Waals surface area (Å²) in [6, 6.07) is 16.1. The van der Waals surface area contributed by atoms with Crippen molar-refractivity contribution in [3.8, 4) is 11.4 Å². The molecule has 1 aliphatic rings. The molecule has 1 fully saturated rings. The maximum atomic E-state index is 12.8. The normalized spacial score (nSPS) is 17.1. The largest absolute Gasteiger partial charge is 0.338 e. The Balaban J connectivity index is 1.36. The third-order valence-electron chi connectivity index (χ3n) is 5.72. The molecule has 1 atom stereocenters. The Morgan fingerprint density at radius 3 is 2.77 bits per heavy atom. The van der Waals surface area contributed by atoms with E-state index in [1.54, 1.807) is 0 Å². The molecule has 4 rings (SSSR count). The van der Waals surface area contributed by atoms with Crippen LogP contribution in [0.1, 0.15) is 36.8 Å². The summed E-state index contributed by atoms with van der Waals surface area (Å²) in [5.74, 6) is 1.24. The fraction of sp³-hybridized carbons (Fsp3) is 0.375. The van der Waals surface area contributed by atoms with Gasteiger partial charge in [0, 0.05) is 17.8 Å². The number of aryl methyl sites for hydroxylation is 2. The van der Waals surface area contributed by atoms with Crippen molar-refractivity contribution in [1.29, 1.82) is 0 Å². The Hall–Kier alpha value is -2.99. The van der Waals surface area contributed by atoms with E-state index in [9.17, 15) is 4.79 Å². The van der Waals surface area contributed by atoms with E-state index in [0.29, 0.717) is 24.8 Å². The number of piperidine rings is 1. The van der Waals surface area contributed by atoms with Crippen molar-refractivity contribution in [2.75, 3.05) is 18.4 Å². The zero-order valence-corrected chi connectivity index (χ0v) is 17.6. The van der Waals surface area contributed by atoms with Crippen LogP contribution in [0.3, 0.4) is 0 Å². The van der Waals surface area contributed by atoms with Gasteiger partial charge < -0.3 is 9.84 Å². The number of hydrogen-bond donors (Lipinski definition) is 1. The number of hydrogen-bond acceptors (Lipinski definition) is 5. The first-order valence-corrected chi connectivity index (χ1v) is 10.6. The molecule has 1 saturated heterocycles. The summed E-state index contributed by atoms with van der Waals surface area (Å²) in [6.45, 7) is 6.35. The van der Waals surface area contributed by atoms with E-state index >= 15 is 0 Å². The van der Waals surface area contributed by atoms with Crippen molar-refractivity contribution in [2.24, 2.45) is 5.92 Å². The van der Waals surface area contributed by atoms with E-state index in [1.165, 1.54) is 5.56 Å². The molecule has 1 amide bonds. The number of nitrogens with zero attached hydrogens (tertiary/aromatic N) is 3. The van der Waals surface area contributed by atoms with Gasteiger partial charge in [-0.3, -0.25) is 9.69 Å². The molecule has 1 N–H and O–H groups in total. The average molecular weight is 405 g/mol. The number of likely N-dealkylation sites (tertiary alicyclic amines) is 1. The zero-order valence-electron chi connectivity index (χ0n) is 17.6. The third kappa shape index (κ3) is 4.76. The van der Waals surface area contributed by atoms with Gasteiger partial charge in [-0.1, -0.05) is 48.5 Å². The SMILES string of the molecule is CCc1ccc(NC(=O)C2CCCN(Cc3nc(-c4ccccc4C)no3)C2)cc1. The van der Waals surface area contributed by atoms with Crippen LogP contribution in [0.25, 0.3) is 11.4 Å². The summed E-state index contributed by atoms with van der Waals surface area (Å²) in [5.41, 5.74) is 4.22. The van der Waals surface area contributed by atoms with Crippen molar-refractivity contribution >= 4 is 11.6 Å². The predicted octanol–water partition coefficient (Wildman–Crippen LogP) is 4.46. The van der Waals surface area contributed by atoms with Crippen LogP contribution in [-0.4, -0.2) is 34.0 Å². The highest BCUT2D eigenvalue weighted by Gasteiger charge is 2.27. The number of aromatic nitrogens is 2. The van der Waals surface area contributed by atoms with E-state index < -0.39 is 0 Å². The fourth-order valence-corrected chi connectivity index (χ4v) is 3.92. The minimum atomic E-state index is -0.0386.